The Labute approximate surface area is 81.0 Å². The summed E-state index contributed by atoms with van der Waals surface area (Å²) in [5.74, 6) is 0. The van der Waals surface area contributed by atoms with E-state index in [4.69, 9.17) is 0 Å². The average Bonchev–Trinajstić information content (AvgIpc) is 2.46. The van der Waals surface area contributed by atoms with Gasteiger partial charge in [0.15, 0.2) is 0 Å². The van der Waals surface area contributed by atoms with Crippen molar-refractivity contribution >= 4 is 16.5 Å². The molecule has 4 nitrogen and oxygen atoms in total. The van der Waals surface area contributed by atoms with Gasteiger partial charge in [0.1, 0.15) is 5.01 Å². The summed E-state index contributed by atoms with van der Waals surface area (Å²) < 4.78 is 0. The quantitative estimate of drug-likeness (QED) is 0.750. The van der Waals surface area contributed by atoms with Crippen LogP contribution in [0.5, 0.6) is 0 Å². The van der Waals surface area contributed by atoms with Crippen LogP contribution in [-0.4, -0.2) is 26.9 Å². The number of hydrogen-bond acceptors (Lipinski definition) is 5. The van der Waals surface area contributed by atoms with Crippen molar-refractivity contribution in [2.45, 2.75) is 38.3 Å². The predicted molar refractivity (Wildman–Crippen MR) is 51.9 cm³/mol. The van der Waals surface area contributed by atoms with Gasteiger partial charge in [0.05, 0.1) is 11.6 Å². The molecule has 1 aliphatic rings. The van der Waals surface area contributed by atoms with Gasteiger partial charge in [0, 0.05) is 0 Å². The highest BCUT2D eigenvalue weighted by molar-refractivity contribution is 7.15. The molecule has 2 atom stereocenters. The first kappa shape index (κ1) is 8.90. The van der Waals surface area contributed by atoms with E-state index in [9.17, 15) is 5.11 Å². The van der Waals surface area contributed by atoms with Crippen LogP contribution in [0.1, 0.15) is 24.8 Å². The van der Waals surface area contributed by atoms with Crippen LogP contribution < -0.4 is 5.32 Å². The first-order valence-electron chi connectivity index (χ1n) is 4.37. The van der Waals surface area contributed by atoms with Gasteiger partial charge >= 0.3 is 0 Å². The van der Waals surface area contributed by atoms with E-state index in [1.54, 1.807) is 0 Å². The van der Waals surface area contributed by atoms with E-state index in [0.29, 0.717) is 0 Å². The number of nitrogens with zero attached hydrogens (tertiary/aromatic N) is 2. The average molecular weight is 199 g/mol. The molecule has 0 unspecified atom stereocenters. The van der Waals surface area contributed by atoms with E-state index in [1.165, 1.54) is 11.3 Å². The molecule has 0 spiro atoms. The van der Waals surface area contributed by atoms with Crippen molar-refractivity contribution in [1.29, 1.82) is 0 Å². The number of aromatic nitrogens is 2. The number of anilines is 1. The highest BCUT2D eigenvalue weighted by atomic mass is 32.1. The zero-order valence-corrected chi connectivity index (χ0v) is 8.56. The molecule has 1 aliphatic carbocycles. The highest BCUT2D eigenvalue weighted by Crippen LogP contribution is 2.34. The predicted octanol–water partition coefficient (Wildman–Crippen LogP) is 1.17. The van der Waals surface area contributed by atoms with Gasteiger partial charge in [-0.1, -0.05) is 11.3 Å². The molecule has 1 fully saturated rings. The topological polar surface area (TPSA) is 58.0 Å². The minimum absolute atomic E-state index is 0.139. The van der Waals surface area contributed by atoms with Crippen molar-refractivity contribution in [3.05, 3.63) is 5.01 Å². The Balaban J connectivity index is 1.99. The molecule has 5 heteroatoms. The van der Waals surface area contributed by atoms with Crippen LogP contribution in [0.25, 0.3) is 0 Å². The fraction of sp³-hybridized carbons (Fsp3) is 0.750. The Kier molecular flexibility index (Phi) is 2.00. The van der Waals surface area contributed by atoms with Crippen LogP contribution in [0.2, 0.25) is 0 Å². The number of hydrogen-bond donors (Lipinski definition) is 2. The summed E-state index contributed by atoms with van der Waals surface area (Å²) in [5.41, 5.74) is -0.570. The lowest BCUT2D eigenvalue weighted by atomic mass is 9.76. The summed E-state index contributed by atoms with van der Waals surface area (Å²) in [6, 6.07) is 0.139. The fourth-order valence-electron chi connectivity index (χ4n) is 1.44. The molecule has 13 heavy (non-hydrogen) atoms. The van der Waals surface area contributed by atoms with E-state index in [1.807, 2.05) is 13.8 Å². The zero-order valence-electron chi connectivity index (χ0n) is 7.74. The molecule has 0 amide bonds. The van der Waals surface area contributed by atoms with Crippen molar-refractivity contribution in [2.75, 3.05) is 5.32 Å². The van der Waals surface area contributed by atoms with Crippen LogP contribution in [-0.2, 0) is 0 Å². The van der Waals surface area contributed by atoms with Gasteiger partial charge in [-0.15, -0.1) is 10.2 Å². The van der Waals surface area contributed by atoms with Crippen molar-refractivity contribution in [2.24, 2.45) is 0 Å². The lowest BCUT2D eigenvalue weighted by Gasteiger charge is -2.42. The Hall–Kier alpha value is -0.680. The molecule has 2 N–H and O–H groups in total. The van der Waals surface area contributed by atoms with E-state index in [2.05, 4.69) is 15.5 Å². The van der Waals surface area contributed by atoms with Gasteiger partial charge in [-0.05, 0) is 26.7 Å². The number of rotatable bonds is 2. The maximum Gasteiger partial charge on any atom is 0.205 e. The molecule has 0 bridgehead atoms. The second-order valence-corrected chi connectivity index (χ2v) is 4.90. The Bertz CT molecular complexity index is 310. The van der Waals surface area contributed by atoms with E-state index in [0.717, 1.165) is 23.0 Å². The zero-order chi connectivity index (χ0) is 9.47. The number of aliphatic hydroxyl groups is 1. The highest BCUT2D eigenvalue weighted by Gasteiger charge is 2.41. The van der Waals surface area contributed by atoms with E-state index >= 15 is 0 Å². The standard InChI is InChI=1S/C8H13N3OS/c1-5-10-11-7(13-5)9-6-3-4-8(6,2)12/h6,12H,3-4H2,1-2H3,(H,9,11)/t6-,8-/m1/s1. The molecule has 0 aromatic carbocycles. The van der Waals surface area contributed by atoms with Crippen LogP contribution in [0.15, 0.2) is 0 Å². The van der Waals surface area contributed by atoms with Crippen molar-refractivity contribution < 1.29 is 5.11 Å². The van der Waals surface area contributed by atoms with Gasteiger partial charge in [-0.3, -0.25) is 0 Å². The largest absolute Gasteiger partial charge is 0.388 e. The summed E-state index contributed by atoms with van der Waals surface area (Å²) in [7, 11) is 0. The second kappa shape index (κ2) is 2.92. The fourth-order valence-corrected chi connectivity index (χ4v) is 2.08. The molecule has 0 saturated heterocycles. The monoisotopic (exact) mass is 199 g/mol. The smallest absolute Gasteiger partial charge is 0.205 e. The molecule has 1 heterocycles. The third-order valence-corrected chi connectivity index (χ3v) is 3.28. The molecule has 1 saturated carbocycles. The third kappa shape index (κ3) is 1.66. The molecule has 2 rings (SSSR count). The molecule has 1 aromatic heterocycles. The number of aryl methyl sites for hydroxylation is 1. The SMILES string of the molecule is Cc1nnc(N[C@@H]2CC[C@@]2(C)O)s1. The van der Waals surface area contributed by atoms with Crippen molar-refractivity contribution in [3.63, 3.8) is 0 Å². The van der Waals surface area contributed by atoms with Gasteiger partial charge in [-0.25, -0.2) is 0 Å². The third-order valence-electron chi connectivity index (χ3n) is 2.51. The summed E-state index contributed by atoms with van der Waals surface area (Å²) in [5, 5.41) is 22.5. The normalized spacial score (nSPS) is 32.7. The minimum Gasteiger partial charge on any atom is -0.388 e. The Morgan fingerprint density at radius 1 is 1.62 bits per heavy atom. The second-order valence-electron chi connectivity index (χ2n) is 3.72. The van der Waals surface area contributed by atoms with Crippen LogP contribution in [0.4, 0.5) is 5.13 Å². The van der Waals surface area contributed by atoms with Crippen molar-refractivity contribution in [1.82, 2.24) is 10.2 Å². The van der Waals surface area contributed by atoms with Crippen LogP contribution in [0, 0.1) is 6.92 Å². The summed E-state index contributed by atoms with van der Waals surface area (Å²) in [6.07, 6.45) is 1.87. The van der Waals surface area contributed by atoms with E-state index in [-0.39, 0.29) is 6.04 Å². The lowest BCUT2D eigenvalue weighted by Crippen LogP contribution is -2.53. The minimum atomic E-state index is -0.570. The van der Waals surface area contributed by atoms with Gasteiger partial charge in [0.2, 0.25) is 5.13 Å². The van der Waals surface area contributed by atoms with Crippen LogP contribution >= 0.6 is 11.3 Å². The first-order chi connectivity index (χ1) is 6.08. The maximum atomic E-state index is 9.74. The van der Waals surface area contributed by atoms with Gasteiger partial charge in [-0.2, -0.15) is 0 Å². The van der Waals surface area contributed by atoms with Crippen LogP contribution in [0.3, 0.4) is 0 Å². The molecular weight excluding hydrogens is 186 g/mol. The molecule has 1 aromatic rings. The summed E-state index contributed by atoms with van der Waals surface area (Å²) in [4.78, 5) is 0. The number of nitrogens with one attached hydrogen (secondary N) is 1. The van der Waals surface area contributed by atoms with Gasteiger partial charge < -0.3 is 10.4 Å². The lowest BCUT2D eigenvalue weighted by molar-refractivity contribution is -0.0286. The maximum absolute atomic E-state index is 9.74. The summed E-state index contributed by atoms with van der Waals surface area (Å²) >= 11 is 1.52. The van der Waals surface area contributed by atoms with Crippen molar-refractivity contribution in [3.8, 4) is 0 Å². The molecular formula is C8H13N3OS. The molecule has 0 radical (unpaired) electrons. The first-order valence-corrected chi connectivity index (χ1v) is 5.18. The Morgan fingerprint density at radius 3 is 2.77 bits per heavy atom. The molecule has 0 aliphatic heterocycles. The van der Waals surface area contributed by atoms with E-state index < -0.39 is 5.60 Å². The van der Waals surface area contributed by atoms with Gasteiger partial charge in [0.25, 0.3) is 0 Å². The Morgan fingerprint density at radius 2 is 2.38 bits per heavy atom. The summed E-state index contributed by atoms with van der Waals surface area (Å²) in [6.45, 7) is 3.77. The molecule has 72 valence electrons.